The van der Waals surface area contributed by atoms with Crippen molar-refractivity contribution in [3.05, 3.63) is 53.6 Å². The molecule has 3 N–H and O–H groups in total. The summed E-state index contributed by atoms with van der Waals surface area (Å²) in [6, 6.07) is 14.1. The van der Waals surface area contributed by atoms with Gasteiger partial charge in [-0.05, 0) is 66.0 Å². The highest BCUT2D eigenvalue weighted by Gasteiger charge is 2.19. The van der Waals surface area contributed by atoms with Crippen molar-refractivity contribution in [2.75, 3.05) is 5.32 Å². The second kappa shape index (κ2) is 10.7. The van der Waals surface area contributed by atoms with E-state index in [9.17, 15) is 4.79 Å². The fourth-order valence-electron chi connectivity index (χ4n) is 4.12. The Morgan fingerprint density at radius 1 is 1.09 bits per heavy atom. The summed E-state index contributed by atoms with van der Waals surface area (Å²) in [4.78, 5) is 18.4. The van der Waals surface area contributed by atoms with Crippen molar-refractivity contribution in [3.8, 4) is 0 Å². The number of imidazole rings is 1. The molecule has 0 amide bonds. The number of nitrogens with zero attached hydrogens (tertiary/aromatic N) is 1. The molecule has 3 aromatic rings. The summed E-state index contributed by atoms with van der Waals surface area (Å²) in [6.07, 6.45) is 7.96. The van der Waals surface area contributed by atoms with Crippen molar-refractivity contribution in [2.24, 2.45) is 5.41 Å². The van der Waals surface area contributed by atoms with E-state index in [0.29, 0.717) is 23.7 Å². The van der Waals surface area contributed by atoms with Crippen LogP contribution in [0.2, 0.25) is 0 Å². The van der Waals surface area contributed by atoms with E-state index >= 15 is 0 Å². The number of carboxylic acid groups (broad SMARTS) is 1. The Morgan fingerprint density at radius 3 is 2.34 bits per heavy atom. The maximum Gasteiger partial charge on any atom is 0.303 e. The summed E-state index contributed by atoms with van der Waals surface area (Å²) in [5, 5.41) is 12.0. The molecule has 1 fully saturated rings. The molecular formula is C27H37N3O2. The molecule has 0 saturated heterocycles. The van der Waals surface area contributed by atoms with Crippen LogP contribution in [0.25, 0.3) is 11.0 Å². The van der Waals surface area contributed by atoms with Crippen molar-refractivity contribution in [3.63, 3.8) is 0 Å². The quantitative estimate of drug-likeness (QED) is 0.376. The Bertz CT molecular complexity index is 1010. The Balaban J connectivity index is 0.000000305. The Hall–Kier alpha value is -2.82. The number of hydrogen-bond acceptors (Lipinski definition) is 3. The average molecular weight is 436 g/mol. The van der Waals surface area contributed by atoms with Crippen molar-refractivity contribution < 1.29 is 9.90 Å². The lowest BCUT2D eigenvalue weighted by Crippen LogP contribution is -2.14. The molecule has 5 heteroatoms. The summed E-state index contributed by atoms with van der Waals surface area (Å²) in [5.41, 5.74) is 5.70. The van der Waals surface area contributed by atoms with E-state index in [2.05, 4.69) is 55.1 Å². The van der Waals surface area contributed by atoms with Gasteiger partial charge in [0, 0.05) is 12.1 Å². The third-order valence-electron chi connectivity index (χ3n) is 6.22. The number of benzene rings is 2. The van der Waals surface area contributed by atoms with Gasteiger partial charge in [-0.25, -0.2) is 4.98 Å². The first-order chi connectivity index (χ1) is 15.2. The van der Waals surface area contributed by atoms with Gasteiger partial charge in [0.1, 0.15) is 0 Å². The topological polar surface area (TPSA) is 78.0 Å². The molecule has 4 rings (SSSR count). The molecule has 0 spiro atoms. The zero-order valence-electron chi connectivity index (χ0n) is 19.9. The smallest absolute Gasteiger partial charge is 0.303 e. The molecule has 2 aromatic carbocycles. The standard InChI is InChI=1S/C19H21N3O2.C8H16/c1-12(2)14-5-7-15(8-6-14)20-19-21-16-9-3-13(4-10-18(23)24)11-17(16)22-19;1-8(2)6-4-3-5-7-8/h3,5-9,11-12H,4,10H2,1-2H3,(H,23,24)(H2,20,21,22);3-7H2,1-2H3. The SMILES string of the molecule is CC(C)c1ccc(Nc2nc3ccc(CCC(=O)O)cc3[nH]2)cc1.CC1(C)CCCCC1. The first-order valence-corrected chi connectivity index (χ1v) is 11.8. The number of aliphatic carboxylic acids is 1. The van der Waals surface area contributed by atoms with Gasteiger partial charge in [-0.1, -0.05) is 65.2 Å². The number of rotatable bonds is 6. The summed E-state index contributed by atoms with van der Waals surface area (Å²) in [7, 11) is 0. The molecule has 0 aliphatic heterocycles. The van der Waals surface area contributed by atoms with Crippen LogP contribution in [0.1, 0.15) is 83.3 Å². The van der Waals surface area contributed by atoms with Crippen molar-refractivity contribution in [1.82, 2.24) is 9.97 Å². The molecule has 0 bridgehead atoms. The van der Waals surface area contributed by atoms with E-state index in [1.165, 1.54) is 37.7 Å². The second-order valence-electron chi connectivity index (χ2n) is 9.96. The van der Waals surface area contributed by atoms with E-state index in [0.717, 1.165) is 22.3 Å². The van der Waals surface area contributed by atoms with Gasteiger partial charge in [-0.3, -0.25) is 4.79 Å². The third-order valence-corrected chi connectivity index (χ3v) is 6.22. The summed E-state index contributed by atoms with van der Waals surface area (Å²) < 4.78 is 0. The Morgan fingerprint density at radius 2 is 1.78 bits per heavy atom. The Kier molecular flexibility index (Phi) is 7.94. The van der Waals surface area contributed by atoms with E-state index in [1.807, 2.05) is 30.3 Å². The molecule has 1 aromatic heterocycles. The molecular weight excluding hydrogens is 398 g/mol. The number of anilines is 2. The number of carbonyl (C=O) groups is 1. The monoisotopic (exact) mass is 435 g/mol. The fourth-order valence-corrected chi connectivity index (χ4v) is 4.12. The zero-order valence-corrected chi connectivity index (χ0v) is 19.9. The molecule has 172 valence electrons. The minimum absolute atomic E-state index is 0.132. The number of fused-ring (bicyclic) bond motifs is 1. The van der Waals surface area contributed by atoms with Crippen LogP contribution in [-0.2, 0) is 11.2 Å². The van der Waals surface area contributed by atoms with Gasteiger partial charge >= 0.3 is 5.97 Å². The molecule has 1 heterocycles. The van der Waals surface area contributed by atoms with E-state index in [1.54, 1.807) is 0 Å². The van der Waals surface area contributed by atoms with Crippen molar-refractivity contribution >= 4 is 28.6 Å². The maximum atomic E-state index is 10.7. The average Bonchev–Trinajstić information content (AvgIpc) is 3.14. The van der Waals surface area contributed by atoms with Crippen LogP contribution in [0.5, 0.6) is 0 Å². The van der Waals surface area contributed by atoms with Gasteiger partial charge in [0.25, 0.3) is 0 Å². The number of hydrogen-bond donors (Lipinski definition) is 3. The number of nitrogens with one attached hydrogen (secondary N) is 2. The molecule has 1 aliphatic rings. The van der Waals surface area contributed by atoms with Crippen LogP contribution in [0.4, 0.5) is 11.6 Å². The second-order valence-corrected chi connectivity index (χ2v) is 9.96. The normalized spacial score (nSPS) is 15.3. The lowest BCUT2D eigenvalue weighted by atomic mass is 9.78. The maximum absolute atomic E-state index is 10.7. The van der Waals surface area contributed by atoms with Gasteiger partial charge in [0.15, 0.2) is 0 Å². The highest BCUT2D eigenvalue weighted by molar-refractivity contribution is 5.79. The number of H-pyrrole nitrogens is 1. The van der Waals surface area contributed by atoms with E-state index in [4.69, 9.17) is 5.11 Å². The van der Waals surface area contributed by atoms with Gasteiger partial charge in [0.2, 0.25) is 5.95 Å². The minimum Gasteiger partial charge on any atom is -0.481 e. The number of aromatic nitrogens is 2. The molecule has 0 atom stereocenters. The van der Waals surface area contributed by atoms with Crippen molar-refractivity contribution in [1.29, 1.82) is 0 Å². The number of carboxylic acids is 1. The predicted octanol–water partition coefficient (Wildman–Crippen LogP) is 7.42. The summed E-state index contributed by atoms with van der Waals surface area (Å²) in [5.74, 6) is 0.402. The molecule has 1 aliphatic carbocycles. The number of aryl methyl sites for hydroxylation is 1. The molecule has 1 saturated carbocycles. The predicted molar refractivity (Wildman–Crippen MR) is 133 cm³/mol. The van der Waals surface area contributed by atoms with Gasteiger partial charge < -0.3 is 15.4 Å². The van der Waals surface area contributed by atoms with Crippen LogP contribution in [0.3, 0.4) is 0 Å². The molecule has 0 unspecified atom stereocenters. The Labute approximate surface area is 191 Å². The first-order valence-electron chi connectivity index (χ1n) is 11.8. The summed E-state index contributed by atoms with van der Waals surface area (Å²) >= 11 is 0. The van der Waals surface area contributed by atoms with Crippen LogP contribution < -0.4 is 5.32 Å². The van der Waals surface area contributed by atoms with Crippen LogP contribution >= 0.6 is 0 Å². The van der Waals surface area contributed by atoms with Crippen LogP contribution in [0, 0.1) is 5.41 Å². The van der Waals surface area contributed by atoms with Gasteiger partial charge in [0.05, 0.1) is 11.0 Å². The van der Waals surface area contributed by atoms with E-state index < -0.39 is 5.97 Å². The van der Waals surface area contributed by atoms with E-state index in [-0.39, 0.29) is 6.42 Å². The van der Waals surface area contributed by atoms with Crippen molar-refractivity contribution in [2.45, 2.75) is 78.6 Å². The minimum atomic E-state index is -0.785. The highest BCUT2D eigenvalue weighted by atomic mass is 16.4. The number of aromatic amines is 1. The molecule has 5 nitrogen and oxygen atoms in total. The van der Waals surface area contributed by atoms with Gasteiger partial charge in [-0.15, -0.1) is 0 Å². The molecule has 0 radical (unpaired) electrons. The van der Waals surface area contributed by atoms with Gasteiger partial charge in [-0.2, -0.15) is 0 Å². The zero-order chi connectivity index (χ0) is 23.1. The first kappa shape index (κ1) is 23.8. The highest BCUT2D eigenvalue weighted by Crippen LogP contribution is 2.34. The lowest BCUT2D eigenvalue weighted by molar-refractivity contribution is -0.136. The fraction of sp³-hybridized carbons (Fsp3) is 0.481. The lowest BCUT2D eigenvalue weighted by Gasteiger charge is -2.28. The molecule has 32 heavy (non-hydrogen) atoms. The largest absolute Gasteiger partial charge is 0.481 e. The third kappa shape index (κ3) is 7.11. The summed E-state index contributed by atoms with van der Waals surface area (Å²) in [6.45, 7) is 9.10. The van der Waals surface area contributed by atoms with Crippen LogP contribution in [-0.4, -0.2) is 21.0 Å². The van der Waals surface area contributed by atoms with Crippen LogP contribution in [0.15, 0.2) is 42.5 Å².